The second-order valence-corrected chi connectivity index (χ2v) is 6.34. The minimum Gasteiger partial charge on any atom is -0.395 e. The zero-order chi connectivity index (χ0) is 12.6. The van der Waals surface area contributed by atoms with Crippen molar-refractivity contribution in [3.8, 4) is 0 Å². The first-order valence-corrected chi connectivity index (χ1v) is 7.77. The van der Waals surface area contributed by atoms with Gasteiger partial charge < -0.3 is 5.11 Å². The van der Waals surface area contributed by atoms with Crippen LogP contribution in [0, 0.1) is 5.92 Å². The third kappa shape index (κ3) is 6.03. The lowest BCUT2D eigenvalue weighted by molar-refractivity contribution is 0.252. The lowest BCUT2D eigenvalue weighted by atomic mass is 10.3. The summed E-state index contributed by atoms with van der Waals surface area (Å²) >= 11 is 5.61. The first-order chi connectivity index (χ1) is 7.47. The molecule has 0 aliphatic heterocycles. The van der Waals surface area contributed by atoms with Crippen molar-refractivity contribution in [3.63, 3.8) is 0 Å². The molecule has 1 atom stereocenters. The van der Waals surface area contributed by atoms with Gasteiger partial charge in [0.1, 0.15) is 0 Å². The number of alkyl halides is 1. The van der Waals surface area contributed by atoms with Gasteiger partial charge in [-0.3, -0.25) is 0 Å². The molecule has 4 nitrogen and oxygen atoms in total. The van der Waals surface area contributed by atoms with Crippen molar-refractivity contribution in [2.75, 3.05) is 31.3 Å². The Morgan fingerprint density at radius 1 is 1.38 bits per heavy atom. The number of unbranched alkanes of at least 4 members (excludes halogenated alkanes) is 1. The van der Waals surface area contributed by atoms with Gasteiger partial charge in [0.25, 0.3) is 0 Å². The highest BCUT2D eigenvalue weighted by atomic mass is 35.5. The molecule has 0 aromatic heterocycles. The van der Waals surface area contributed by atoms with Gasteiger partial charge in [0.15, 0.2) is 0 Å². The summed E-state index contributed by atoms with van der Waals surface area (Å²) in [6.45, 7) is 4.33. The van der Waals surface area contributed by atoms with Gasteiger partial charge in [-0.2, -0.15) is 4.31 Å². The van der Waals surface area contributed by atoms with Gasteiger partial charge >= 0.3 is 0 Å². The molecular formula is C10H22ClNO3S. The minimum absolute atomic E-state index is 0.0558. The number of aliphatic hydroxyl groups is 1. The van der Waals surface area contributed by atoms with Gasteiger partial charge in [0, 0.05) is 19.0 Å². The first kappa shape index (κ1) is 16.2. The predicted molar refractivity (Wildman–Crippen MR) is 67.2 cm³/mol. The van der Waals surface area contributed by atoms with E-state index in [4.69, 9.17) is 16.7 Å². The fourth-order valence-corrected chi connectivity index (χ4v) is 3.40. The molecule has 0 aliphatic carbocycles. The number of halogens is 1. The molecule has 0 saturated carbocycles. The molecule has 1 N–H and O–H groups in total. The van der Waals surface area contributed by atoms with E-state index in [-0.39, 0.29) is 24.8 Å². The normalized spacial score (nSPS) is 14.3. The monoisotopic (exact) mass is 271 g/mol. The maximum absolute atomic E-state index is 12.0. The minimum atomic E-state index is -3.28. The molecule has 1 unspecified atom stereocenters. The summed E-state index contributed by atoms with van der Waals surface area (Å²) in [6, 6.07) is 0. The van der Waals surface area contributed by atoms with Gasteiger partial charge in [-0.25, -0.2) is 8.42 Å². The van der Waals surface area contributed by atoms with Crippen LogP contribution in [-0.2, 0) is 10.0 Å². The van der Waals surface area contributed by atoms with E-state index >= 15 is 0 Å². The summed E-state index contributed by atoms with van der Waals surface area (Å²) in [6.07, 6.45) is 1.75. The van der Waals surface area contributed by atoms with E-state index in [1.807, 2.05) is 13.8 Å². The maximum Gasteiger partial charge on any atom is 0.214 e. The highest BCUT2D eigenvalue weighted by Gasteiger charge is 2.23. The average Bonchev–Trinajstić information content (AvgIpc) is 2.23. The van der Waals surface area contributed by atoms with Crippen LogP contribution in [0.1, 0.15) is 26.7 Å². The molecule has 0 rings (SSSR count). The van der Waals surface area contributed by atoms with E-state index < -0.39 is 10.0 Å². The van der Waals surface area contributed by atoms with Gasteiger partial charge in [-0.1, -0.05) is 20.3 Å². The topological polar surface area (TPSA) is 57.6 Å². The van der Waals surface area contributed by atoms with Crippen LogP contribution in [0.15, 0.2) is 0 Å². The van der Waals surface area contributed by atoms with Crippen LogP contribution in [0.25, 0.3) is 0 Å². The van der Waals surface area contributed by atoms with Crippen LogP contribution < -0.4 is 0 Å². The first-order valence-electron chi connectivity index (χ1n) is 5.62. The van der Waals surface area contributed by atoms with Crippen molar-refractivity contribution < 1.29 is 13.5 Å². The van der Waals surface area contributed by atoms with E-state index in [2.05, 4.69) is 0 Å². The molecule has 0 fully saturated rings. The second-order valence-electron chi connectivity index (χ2n) is 4.01. The molecule has 98 valence electrons. The highest BCUT2D eigenvalue weighted by Crippen LogP contribution is 2.10. The molecule has 0 spiro atoms. The van der Waals surface area contributed by atoms with Crippen molar-refractivity contribution in [1.29, 1.82) is 0 Å². The van der Waals surface area contributed by atoms with Crippen molar-refractivity contribution >= 4 is 21.6 Å². The predicted octanol–water partition coefficient (Wildman–Crippen LogP) is 1.29. The van der Waals surface area contributed by atoms with E-state index in [1.54, 1.807) is 0 Å². The standard InChI is InChI=1S/C10H22ClNO3S/c1-3-4-5-12(6-7-13)16(14,15)9-10(2)8-11/h10,13H,3-9H2,1-2H3. The summed E-state index contributed by atoms with van der Waals surface area (Å²) in [5.74, 6) is 0.328. The molecule has 0 aliphatic rings. The molecule has 16 heavy (non-hydrogen) atoms. The van der Waals surface area contributed by atoms with Crippen LogP contribution in [0.3, 0.4) is 0 Å². The van der Waals surface area contributed by atoms with Gasteiger partial charge in [0.05, 0.1) is 12.4 Å². The van der Waals surface area contributed by atoms with Gasteiger partial charge in [-0.05, 0) is 12.3 Å². The highest BCUT2D eigenvalue weighted by molar-refractivity contribution is 7.89. The Morgan fingerprint density at radius 2 is 2.00 bits per heavy atom. The van der Waals surface area contributed by atoms with Crippen molar-refractivity contribution in [1.82, 2.24) is 4.31 Å². The number of hydrogen-bond donors (Lipinski definition) is 1. The van der Waals surface area contributed by atoms with Crippen LogP contribution in [-0.4, -0.2) is 49.2 Å². The molecule has 6 heteroatoms. The van der Waals surface area contributed by atoms with Crippen LogP contribution in [0.4, 0.5) is 0 Å². The molecule has 0 aromatic carbocycles. The van der Waals surface area contributed by atoms with Crippen molar-refractivity contribution in [3.05, 3.63) is 0 Å². The van der Waals surface area contributed by atoms with E-state index in [1.165, 1.54) is 4.31 Å². The van der Waals surface area contributed by atoms with Crippen molar-refractivity contribution in [2.24, 2.45) is 5.92 Å². The molecule has 0 heterocycles. The third-order valence-corrected chi connectivity index (χ3v) is 4.93. The Labute approximate surface area is 104 Å². The number of rotatable bonds is 9. The molecule has 0 amide bonds. The third-order valence-electron chi connectivity index (χ3n) is 2.26. The number of hydrogen-bond acceptors (Lipinski definition) is 3. The molecule has 0 saturated heterocycles. The van der Waals surface area contributed by atoms with Gasteiger partial charge in [-0.15, -0.1) is 11.6 Å². The Morgan fingerprint density at radius 3 is 2.44 bits per heavy atom. The fraction of sp³-hybridized carbons (Fsp3) is 1.00. The van der Waals surface area contributed by atoms with Crippen LogP contribution in [0.2, 0.25) is 0 Å². The quantitative estimate of drug-likeness (QED) is 0.643. The summed E-state index contributed by atoms with van der Waals surface area (Å²) in [5, 5.41) is 8.86. The zero-order valence-electron chi connectivity index (χ0n) is 10.0. The largest absolute Gasteiger partial charge is 0.395 e. The SMILES string of the molecule is CCCCN(CCO)S(=O)(=O)CC(C)CCl. The molecular weight excluding hydrogens is 250 g/mol. The lowest BCUT2D eigenvalue weighted by Gasteiger charge is -2.22. The molecule has 0 bridgehead atoms. The van der Waals surface area contributed by atoms with E-state index in [0.717, 1.165) is 12.8 Å². The Hall–Kier alpha value is 0.160. The molecule has 0 radical (unpaired) electrons. The lowest BCUT2D eigenvalue weighted by Crippen LogP contribution is -2.37. The van der Waals surface area contributed by atoms with Crippen LogP contribution >= 0.6 is 11.6 Å². The average molecular weight is 272 g/mol. The summed E-state index contributed by atoms with van der Waals surface area (Å²) in [7, 11) is -3.28. The summed E-state index contributed by atoms with van der Waals surface area (Å²) < 4.78 is 25.3. The van der Waals surface area contributed by atoms with Gasteiger partial charge in [0.2, 0.25) is 10.0 Å². The maximum atomic E-state index is 12.0. The Balaban J connectivity index is 4.48. The van der Waals surface area contributed by atoms with Crippen LogP contribution in [0.5, 0.6) is 0 Å². The smallest absolute Gasteiger partial charge is 0.214 e. The summed E-state index contributed by atoms with van der Waals surface area (Å²) in [5.41, 5.74) is 0. The fourth-order valence-electron chi connectivity index (χ4n) is 1.35. The number of aliphatic hydroxyl groups excluding tert-OH is 1. The Kier molecular flexibility index (Phi) is 8.36. The Bertz CT molecular complexity index is 269. The number of nitrogens with zero attached hydrogens (tertiary/aromatic N) is 1. The van der Waals surface area contributed by atoms with Crippen molar-refractivity contribution in [2.45, 2.75) is 26.7 Å². The molecule has 0 aromatic rings. The van der Waals surface area contributed by atoms with E-state index in [0.29, 0.717) is 12.4 Å². The zero-order valence-corrected chi connectivity index (χ0v) is 11.6. The number of sulfonamides is 1. The van der Waals surface area contributed by atoms with E-state index in [9.17, 15) is 8.42 Å². The second kappa shape index (κ2) is 8.28. The summed E-state index contributed by atoms with van der Waals surface area (Å²) in [4.78, 5) is 0.